The van der Waals surface area contributed by atoms with E-state index in [1.165, 1.54) is 29.2 Å². The number of para-hydroxylation sites is 2. The minimum atomic E-state index is -0.363. The van der Waals surface area contributed by atoms with Crippen LogP contribution in [0.25, 0.3) is 17.0 Å². The number of carbonyl (C=O) groups excluding carboxylic acids is 2. The van der Waals surface area contributed by atoms with Crippen molar-refractivity contribution in [3.05, 3.63) is 82.5 Å². The van der Waals surface area contributed by atoms with Crippen molar-refractivity contribution in [2.75, 3.05) is 4.90 Å². The molecule has 0 fully saturated rings. The van der Waals surface area contributed by atoms with Gasteiger partial charge in [0.15, 0.2) is 5.13 Å². The predicted octanol–water partition coefficient (Wildman–Crippen LogP) is 5.41. The van der Waals surface area contributed by atoms with Gasteiger partial charge in [-0.1, -0.05) is 36.4 Å². The van der Waals surface area contributed by atoms with Gasteiger partial charge in [-0.05, 0) is 31.2 Å². The summed E-state index contributed by atoms with van der Waals surface area (Å²) in [5.74, 6) is -0.541. The molecule has 7 heteroatoms. The monoisotopic (exact) mass is 426 g/mol. The van der Waals surface area contributed by atoms with E-state index in [-0.39, 0.29) is 17.3 Å². The second kappa shape index (κ2) is 8.38. The fourth-order valence-corrected chi connectivity index (χ4v) is 4.29. The highest BCUT2D eigenvalue weighted by molar-refractivity contribution is 7.14. The van der Waals surface area contributed by atoms with Crippen LogP contribution in [-0.4, -0.2) is 21.7 Å². The summed E-state index contributed by atoms with van der Waals surface area (Å²) in [6.07, 6.45) is 1.47. The molecule has 0 aliphatic rings. The number of nitrogens with zero attached hydrogens (tertiary/aromatic N) is 3. The summed E-state index contributed by atoms with van der Waals surface area (Å²) >= 11 is 1.27. The SMILES string of the molecule is CC(=O)N(c1ccccc1)c1nc(/C=C(\C#N)C(=O)c2c(C)[nH]c3ccccc23)cs1. The molecule has 31 heavy (non-hydrogen) atoms. The van der Waals surface area contributed by atoms with Crippen molar-refractivity contribution in [1.82, 2.24) is 9.97 Å². The topological polar surface area (TPSA) is 89.8 Å². The van der Waals surface area contributed by atoms with Gasteiger partial charge in [0.25, 0.3) is 0 Å². The number of hydrogen-bond donors (Lipinski definition) is 1. The quantitative estimate of drug-likeness (QED) is 0.263. The molecule has 0 unspecified atom stereocenters. The van der Waals surface area contributed by atoms with Gasteiger partial charge in [0.05, 0.1) is 16.9 Å². The van der Waals surface area contributed by atoms with Crippen LogP contribution in [0.3, 0.4) is 0 Å². The van der Waals surface area contributed by atoms with Gasteiger partial charge in [-0.25, -0.2) is 4.98 Å². The van der Waals surface area contributed by atoms with E-state index >= 15 is 0 Å². The third-order valence-electron chi connectivity index (χ3n) is 4.81. The summed E-state index contributed by atoms with van der Waals surface area (Å²) < 4.78 is 0. The number of anilines is 2. The number of nitrogens with one attached hydrogen (secondary N) is 1. The number of fused-ring (bicyclic) bond motifs is 1. The molecule has 4 rings (SSSR count). The summed E-state index contributed by atoms with van der Waals surface area (Å²) in [4.78, 5) is 34.5. The normalized spacial score (nSPS) is 11.3. The lowest BCUT2D eigenvalue weighted by Crippen LogP contribution is -2.22. The lowest BCUT2D eigenvalue weighted by Gasteiger charge is -2.17. The van der Waals surface area contributed by atoms with Crippen molar-refractivity contribution in [3.63, 3.8) is 0 Å². The van der Waals surface area contributed by atoms with Crippen molar-refractivity contribution >= 4 is 50.8 Å². The number of aromatic nitrogens is 2. The van der Waals surface area contributed by atoms with Crippen LogP contribution in [0.4, 0.5) is 10.8 Å². The average Bonchev–Trinajstić information content (AvgIpc) is 3.35. The lowest BCUT2D eigenvalue weighted by molar-refractivity contribution is -0.115. The van der Waals surface area contributed by atoms with E-state index < -0.39 is 0 Å². The van der Waals surface area contributed by atoms with Crippen LogP contribution >= 0.6 is 11.3 Å². The summed E-state index contributed by atoms with van der Waals surface area (Å²) in [5, 5.41) is 12.6. The molecule has 0 saturated heterocycles. The first kappa shape index (κ1) is 20.3. The van der Waals surface area contributed by atoms with E-state index in [1.54, 1.807) is 5.38 Å². The lowest BCUT2D eigenvalue weighted by atomic mass is 10.0. The maximum atomic E-state index is 13.1. The molecule has 0 atom stereocenters. The molecule has 0 aliphatic heterocycles. The third kappa shape index (κ3) is 3.89. The predicted molar refractivity (Wildman–Crippen MR) is 122 cm³/mol. The van der Waals surface area contributed by atoms with E-state index in [4.69, 9.17) is 0 Å². The number of hydrogen-bond acceptors (Lipinski definition) is 5. The smallest absolute Gasteiger partial charge is 0.230 e. The van der Waals surface area contributed by atoms with Gasteiger partial charge in [0.1, 0.15) is 11.6 Å². The number of rotatable bonds is 5. The molecule has 0 saturated carbocycles. The highest BCUT2D eigenvalue weighted by Gasteiger charge is 2.21. The van der Waals surface area contributed by atoms with E-state index in [9.17, 15) is 14.9 Å². The van der Waals surface area contributed by atoms with Crippen molar-refractivity contribution in [3.8, 4) is 6.07 Å². The molecule has 0 radical (unpaired) electrons. The van der Waals surface area contributed by atoms with Gasteiger partial charge in [-0.2, -0.15) is 5.26 Å². The van der Waals surface area contributed by atoms with Crippen molar-refractivity contribution in [2.24, 2.45) is 0 Å². The fraction of sp³-hybridized carbons (Fsp3) is 0.0833. The van der Waals surface area contributed by atoms with E-state index in [0.29, 0.717) is 27.8 Å². The molecule has 1 amide bonds. The highest BCUT2D eigenvalue weighted by Crippen LogP contribution is 2.30. The Kier molecular flexibility index (Phi) is 5.48. The maximum absolute atomic E-state index is 13.1. The van der Waals surface area contributed by atoms with E-state index in [0.717, 1.165) is 10.9 Å². The van der Waals surface area contributed by atoms with Crippen LogP contribution in [-0.2, 0) is 4.79 Å². The molecular formula is C24H18N4O2S. The molecular weight excluding hydrogens is 408 g/mol. The van der Waals surface area contributed by atoms with Gasteiger partial charge < -0.3 is 4.98 Å². The molecule has 2 heterocycles. The molecule has 0 bridgehead atoms. The van der Waals surface area contributed by atoms with Gasteiger partial charge in [-0.3, -0.25) is 14.5 Å². The van der Waals surface area contributed by atoms with Crippen LogP contribution in [0.5, 0.6) is 0 Å². The van der Waals surface area contributed by atoms with Crippen LogP contribution in [0, 0.1) is 18.3 Å². The zero-order chi connectivity index (χ0) is 22.0. The first-order chi connectivity index (χ1) is 15.0. The number of aryl methyl sites for hydroxylation is 1. The Bertz CT molecular complexity index is 1360. The number of aromatic amines is 1. The Morgan fingerprint density at radius 2 is 1.84 bits per heavy atom. The van der Waals surface area contributed by atoms with Gasteiger partial charge in [0.2, 0.25) is 11.7 Å². The number of ketones is 1. The molecule has 2 aromatic carbocycles. The largest absolute Gasteiger partial charge is 0.358 e. The Morgan fingerprint density at radius 1 is 1.13 bits per heavy atom. The third-order valence-corrected chi connectivity index (χ3v) is 5.65. The molecule has 0 aliphatic carbocycles. The van der Waals surface area contributed by atoms with Gasteiger partial charge >= 0.3 is 0 Å². The summed E-state index contributed by atoms with van der Waals surface area (Å²) in [7, 11) is 0. The molecule has 0 spiro atoms. The first-order valence-corrected chi connectivity index (χ1v) is 10.4. The molecule has 2 aromatic heterocycles. The van der Waals surface area contributed by atoms with Crippen LogP contribution in [0.2, 0.25) is 0 Å². The Labute approximate surface area is 183 Å². The zero-order valence-corrected chi connectivity index (χ0v) is 17.7. The minimum Gasteiger partial charge on any atom is -0.358 e. The molecule has 152 valence electrons. The van der Waals surface area contributed by atoms with Crippen LogP contribution in [0.15, 0.2) is 65.6 Å². The second-order valence-corrected chi connectivity index (χ2v) is 7.75. The Balaban J connectivity index is 1.70. The van der Waals surface area contributed by atoms with Crippen LogP contribution in [0.1, 0.15) is 28.7 Å². The number of benzene rings is 2. The van der Waals surface area contributed by atoms with E-state index in [1.807, 2.05) is 67.6 Å². The summed E-state index contributed by atoms with van der Waals surface area (Å²) in [6.45, 7) is 3.28. The minimum absolute atomic E-state index is 0.0150. The maximum Gasteiger partial charge on any atom is 0.230 e. The van der Waals surface area contributed by atoms with Gasteiger partial charge in [0, 0.05) is 28.9 Å². The van der Waals surface area contributed by atoms with Crippen molar-refractivity contribution < 1.29 is 9.59 Å². The zero-order valence-electron chi connectivity index (χ0n) is 16.9. The molecule has 6 nitrogen and oxygen atoms in total. The second-order valence-electron chi connectivity index (χ2n) is 6.91. The number of thiazole rings is 1. The van der Waals surface area contributed by atoms with Crippen molar-refractivity contribution in [2.45, 2.75) is 13.8 Å². The summed E-state index contributed by atoms with van der Waals surface area (Å²) in [6, 6.07) is 18.7. The number of amides is 1. The van der Waals surface area contributed by atoms with Crippen molar-refractivity contribution in [1.29, 1.82) is 5.26 Å². The first-order valence-electron chi connectivity index (χ1n) is 9.54. The Morgan fingerprint density at radius 3 is 2.55 bits per heavy atom. The number of allylic oxidation sites excluding steroid dienone is 1. The van der Waals surface area contributed by atoms with E-state index in [2.05, 4.69) is 9.97 Å². The fourth-order valence-electron chi connectivity index (χ4n) is 3.45. The summed E-state index contributed by atoms with van der Waals surface area (Å²) in [5.41, 5.74) is 3.16. The average molecular weight is 427 g/mol. The number of H-pyrrole nitrogens is 1. The van der Waals surface area contributed by atoms with Gasteiger partial charge in [-0.15, -0.1) is 11.3 Å². The number of carbonyl (C=O) groups is 2. The molecule has 1 N–H and O–H groups in total. The standard InChI is InChI=1S/C24H18N4O2S/c1-15-22(20-10-6-7-11-21(20)26-15)23(30)17(13-25)12-18-14-31-24(27-18)28(16(2)29)19-8-4-3-5-9-19/h3-12,14,26H,1-2H3/b17-12+. The highest BCUT2D eigenvalue weighted by atomic mass is 32.1. The van der Waals surface area contributed by atoms with Crippen LogP contribution < -0.4 is 4.90 Å². The number of Topliss-reactive ketones (excluding diaryl/α,β-unsaturated/α-hetero) is 1. The Hall–Kier alpha value is -4.02. The molecule has 4 aromatic rings. The number of nitriles is 1.